The van der Waals surface area contributed by atoms with Crippen LogP contribution in [0.2, 0.25) is 0 Å². The number of anilines is 1. The van der Waals surface area contributed by atoms with Gasteiger partial charge in [0.15, 0.2) is 5.13 Å². The Labute approximate surface area is 156 Å². The van der Waals surface area contributed by atoms with Crippen molar-refractivity contribution in [3.05, 3.63) is 47.8 Å². The second-order valence-corrected chi connectivity index (χ2v) is 7.51. The first-order chi connectivity index (χ1) is 12.7. The summed E-state index contributed by atoms with van der Waals surface area (Å²) in [4.78, 5) is 17.4. The number of benzene rings is 2. The fraction of sp³-hybridized carbons (Fsp3) is 0.300. The van der Waals surface area contributed by atoms with Gasteiger partial charge in [0.2, 0.25) is 5.91 Å². The van der Waals surface area contributed by atoms with E-state index in [2.05, 4.69) is 40.6 Å². The molecule has 0 saturated carbocycles. The number of rotatable bonds is 4. The molecule has 134 valence electrons. The number of aromatic nitrogens is 1. The quantitative estimate of drug-likeness (QED) is 0.738. The zero-order valence-electron chi connectivity index (χ0n) is 14.4. The molecule has 2 heterocycles. The third-order valence-electron chi connectivity index (χ3n) is 5.09. The Kier molecular flexibility index (Phi) is 4.72. The Bertz CT molecular complexity index is 931. The average Bonchev–Trinajstić information content (AvgIpc) is 3.16. The number of nitrogens with one attached hydrogen (secondary N) is 1. The van der Waals surface area contributed by atoms with Crippen molar-refractivity contribution >= 4 is 33.1 Å². The van der Waals surface area contributed by atoms with Crippen LogP contribution in [-0.2, 0) is 9.53 Å². The highest BCUT2D eigenvalue weighted by atomic mass is 32.1. The van der Waals surface area contributed by atoms with Crippen LogP contribution in [0.1, 0.15) is 12.8 Å². The summed E-state index contributed by atoms with van der Waals surface area (Å²) < 4.78 is 5.38. The number of ether oxygens (including phenoxy) is 1. The van der Waals surface area contributed by atoms with Crippen LogP contribution in [-0.4, -0.2) is 30.6 Å². The van der Waals surface area contributed by atoms with Crippen molar-refractivity contribution in [2.75, 3.05) is 25.1 Å². The van der Waals surface area contributed by atoms with Crippen molar-refractivity contribution in [3.8, 4) is 11.3 Å². The SMILES string of the molecule is NCC1(C(=O)Nc2nc(-c3ccc4ccccc4c3)cs2)CCOCC1. The number of carbonyl (C=O) groups is 1. The number of hydrogen-bond donors (Lipinski definition) is 2. The molecule has 0 radical (unpaired) electrons. The highest BCUT2D eigenvalue weighted by Gasteiger charge is 2.39. The van der Waals surface area contributed by atoms with E-state index in [9.17, 15) is 4.79 Å². The molecule has 6 heteroatoms. The van der Waals surface area contributed by atoms with Gasteiger partial charge in [-0.25, -0.2) is 4.98 Å². The minimum absolute atomic E-state index is 0.0530. The van der Waals surface area contributed by atoms with E-state index in [0.717, 1.165) is 11.3 Å². The van der Waals surface area contributed by atoms with Crippen molar-refractivity contribution in [2.24, 2.45) is 11.1 Å². The van der Waals surface area contributed by atoms with Gasteiger partial charge < -0.3 is 15.8 Å². The van der Waals surface area contributed by atoms with Gasteiger partial charge >= 0.3 is 0 Å². The van der Waals surface area contributed by atoms with Crippen molar-refractivity contribution in [1.29, 1.82) is 0 Å². The lowest BCUT2D eigenvalue weighted by molar-refractivity contribution is -0.130. The molecular weight excluding hydrogens is 346 g/mol. The van der Waals surface area contributed by atoms with Crippen LogP contribution in [0.4, 0.5) is 5.13 Å². The monoisotopic (exact) mass is 367 g/mol. The molecule has 1 saturated heterocycles. The zero-order chi connectivity index (χ0) is 18.0. The number of nitrogens with two attached hydrogens (primary N) is 1. The first-order valence-electron chi connectivity index (χ1n) is 8.74. The van der Waals surface area contributed by atoms with Gasteiger partial charge in [-0.3, -0.25) is 4.79 Å². The van der Waals surface area contributed by atoms with Crippen molar-refractivity contribution < 1.29 is 9.53 Å². The molecular formula is C20H21N3O2S. The van der Waals surface area contributed by atoms with Crippen LogP contribution in [0.3, 0.4) is 0 Å². The standard InChI is InChI=1S/C20H21N3O2S/c21-13-20(7-9-25-10-8-20)18(24)23-19-22-17(12-26-19)16-6-5-14-3-1-2-4-15(14)11-16/h1-6,11-12H,7-10,13,21H2,(H,22,23,24). The van der Waals surface area contributed by atoms with Crippen molar-refractivity contribution in [1.82, 2.24) is 4.98 Å². The van der Waals surface area contributed by atoms with Crippen LogP contribution < -0.4 is 11.1 Å². The van der Waals surface area contributed by atoms with Crippen LogP contribution in [0, 0.1) is 5.41 Å². The first-order valence-corrected chi connectivity index (χ1v) is 9.62. The molecule has 0 atom stereocenters. The summed E-state index contributed by atoms with van der Waals surface area (Å²) >= 11 is 1.44. The maximum absolute atomic E-state index is 12.8. The van der Waals surface area contributed by atoms with Gasteiger partial charge in [0.05, 0.1) is 11.1 Å². The summed E-state index contributed by atoms with van der Waals surface area (Å²) in [7, 11) is 0. The van der Waals surface area contributed by atoms with E-state index in [0.29, 0.717) is 37.7 Å². The van der Waals surface area contributed by atoms with Gasteiger partial charge in [0, 0.05) is 30.7 Å². The fourth-order valence-corrected chi connectivity index (χ4v) is 4.04. The molecule has 3 N–H and O–H groups in total. The van der Waals surface area contributed by atoms with E-state index >= 15 is 0 Å². The molecule has 1 aliphatic heterocycles. The predicted molar refractivity (Wildman–Crippen MR) is 105 cm³/mol. The van der Waals surface area contributed by atoms with Gasteiger partial charge in [-0.1, -0.05) is 36.4 Å². The number of thiazole rings is 1. The molecule has 1 aromatic heterocycles. The third-order valence-corrected chi connectivity index (χ3v) is 5.85. The molecule has 3 aromatic rings. The minimum Gasteiger partial charge on any atom is -0.381 e. The number of carbonyl (C=O) groups excluding carboxylic acids is 1. The van der Waals surface area contributed by atoms with Crippen LogP contribution in [0.25, 0.3) is 22.0 Å². The second kappa shape index (κ2) is 7.15. The van der Waals surface area contributed by atoms with Crippen molar-refractivity contribution in [3.63, 3.8) is 0 Å². The molecule has 1 aliphatic rings. The molecule has 2 aromatic carbocycles. The summed E-state index contributed by atoms with van der Waals surface area (Å²) in [6.45, 7) is 1.47. The summed E-state index contributed by atoms with van der Waals surface area (Å²) in [5, 5.41) is 7.92. The first kappa shape index (κ1) is 17.1. The molecule has 4 rings (SSSR count). The highest BCUT2D eigenvalue weighted by molar-refractivity contribution is 7.14. The Morgan fingerprint density at radius 1 is 1.19 bits per heavy atom. The van der Waals surface area contributed by atoms with Gasteiger partial charge in [-0.2, -0.15) is 0 Å². The largest absolute Gasteiger partial charge is 0.381 e. The second-order valence-electron chi connectivity index (χ2n) is 6.65. The Hall–Kier alpha value is -2.28. The van der Waals surface area contributed by atoms with E-state index < -0.39 is 5.41 Å². The number of hydrogen-bond acceptors (Lipinski definition) is 5. The van der Waals surface area contributed by atoms with E-state index in [-0.39, 0.29) is 5.91 Å². The number of fused-ring (bicyclic) bond motifs is 1. The molecule has 1 fully saturated rings. The molecule has 0 bridgehead atoms. The van der Waals surface area contributed by atoms with Gasteiger partial charge in [-0.05, 0) is 29.7 Å². The Balaban J connectivity index is 1.54. The Morgan fingerprint density at radius 3 is 2.73 bits per heavy atom. The normalized spacial score (nSPS) is 16.5. The van der Waals surface area contributed by atoms with Crippen molar-refractivity contribution in [2.45, 2.75) is 12.8 Å². The van der Waals surface area contributed by atoms with E-state index in [1.807, 2.05) is 17.5 Å². The Morgan fingerprint density at radius 2 is 1.96 bits per heavy atom. The fourth-order valence-electron chi connectivity index (χ4n) is 3.33. The highest BCUT2D eigenvalue weighted by Crippen LogP contribution is 2.33. The number of amides is 1. The summed E-state index contributed by atoms with van der Waals surface area (Å²) in [6, 6.07) is 14.5. The summed E-state index contributed by atoms with van der Waals surface area (Å²) in [5.41, 5.74) is 7.27. The van der Waals surface area contributed by atoms with E-state index in [1.54, 1.807) is 0 Å². The topological polar surface area (TPSA) is 77.2 Å². The van der Waals surface area contributed by atoms with E-state index in [1.165, 1.54) is 22.1 Å². The molecule has 0 spiro atoms. The summed E-state index contributed by atoms with van der Waals surface area (Å²) in [6.07, 6.45) is 1.30. The van der Waals surface area contributed by atoms with Crippen LogP contribution >= 0.6 is 11.3 Å². The smallest absolute Gasteiger partial charge is 0.233 e. The molecule has 5 nitrogen and oxygen atoms in total. The van der Waals surface area contributed by atoms with Crippen LogP contribution in [0.5, 0.6) is 0 Å². The van der Waals surface area contributed by atoms with Gasteiger partial charge in [0.25, 0.3) is 0 Å². The molecule has 1 amide bonds. The maximum atomic E-state index is 12.8. The number of nitrogens with zero attached hydrogens (tertiary/aromatic N) is 1. The third kappa shape index (κ3) is 3.23. The molecule has 0 unspecified atom stereocenters. The van der Waals surface area contributed by atoms with E-state index in [4.69, 9.17) is 10.5 Å². The van der Waals surface area contributed by atoms with Crippen LogP contribution in [0.15, 0.2) is 47.8 Å². The maximum Gasteiger partial charge on any atom is 0.233 e. The van der Waals surface area contributed by atoms with Gasteiger partial charge in [0.1, 0.15) is 0 Å². The lowest BCUT2D eigenvalue weighted by atomic mass is 9.79. The zero-order valence-corrected chi connectivity index (χ0v) is 15.2. The summed E-state index contributed by atoms with van der Waals surface area (Å²) in [5.74, 6) is -0.0530. The lowest BCUT2D eigenvalue weighted by Crippen LogP contribution is -2.46. The lowest BCUT2D eigenvalue weighted by Gasteiger charge is -2.34. The molecule has 0 aliphatic carbocycles. The average molecular weight is 367 g/mol. The predicted octanol–water partition coefficient (Wildman–Crippen LogP) is 3.66. The minimum atomic E-state index is -0.549. The molecule has 26 heavy (non-hydrogen) atoms. The van der Waals surface area contributed by atoms with Gasteiger partial charge in [-0.15, -0.1) is 11.3 Å².